The lowest BCUT2D eigenvalue weighted by atomic mass is 10.0. The number of benzene rings is 3. The third kappa shape index (κ3) is 3.60. The Balaban J connectivity index is 1.69. The number of fused-ring (bicyclic) bond motifs is 1. The van der Waals surface area contributed by atoms with Crippen LogP contribution in [-0.2, 0) is 6.42 Å². The maximum absolute atomic E-state index is 10.4. The first-order valence-corrected chi connectivity index (χ1v) is 8.57. The van der Waals surface area contributed by atoms with Crippen molar-refractivity contribution < 1.29 is 9.84 Å². The zero-order valence-corrected chi connectivity index (χ0v) is 14.3. The third-order valence-electron chi connectivity index (χ3n) is 4.46. The first-order chi connectivity index (χ1) is 11.7. The van der Waals surface area contributed by atoms with E-state index in [1.807, 2.05) is 24.3 Å². The van der Waals surface area contributed by atoms with Gasteiger partial charge >= 0.3 is 0 Å². The second-order valence-corrected chi connectivity index (χ2v) is 6.18. The van der Waals surface area contributed by atoms with Gasteiger partial charge in [0.25, 0.3) is 0 Å². The molecule has 0 aromatic heterocycles. The largest absolute Gasteiger partial charge is 0.493 e. The summed E-state index contributed by atoms with van der Waals surface area (Å²) in [6.45, 7) is 4.67. The number of aryl methyl sites for hydroxylation is 2. The van der Waals surface area contributed by atoms with Crippen LogP contribution in [0.4, 0.5) is 0 Å². The summed E-state index contributed by atoms with van der Waals surface area (Å²) in [6.07, 6.45) is 1.06. The predicted octanol–water partition coefficient (Wildman–Crippen LogP) is 5.21. The van der Waals surface area contributed by atoms with Crippen LogP contribution in [0.3, 0.4) is 0 Å². The van der Waals surface area contributed by atoms with Gasteiger partial charge in [-0.2, -0.15) is 0 Å². The molecule has 0 aliphatic carbocycles. The molecule has 0 heterocycles. The van der Waals surface area contributed by atoms with E-state index in [4.69, 9.17) is 4.74 Å². The summed E-state index contributed by atoms with van der Waals surface area (Å²) in [4.78, 5) is 0. The zero-order chi connectivity index (χ0) is 16.9. The highest BCUT2D eigenvalue weighted by molar-refractivity contribution is 5.89. The Hall–Kier alpha value is -2.32. The van der Waals surface area contributed by atoms with Crippen molar-refractivity contribution in [1.29, 1.82) is 0 Å². The van der Waals surface area contributed by atoms with Gasteiger partial charge in [-0.3, -0.25) is 0 Å². The van der Waals surface area contributed by atoms with Gasteiger partial charge in [0.15, 0.2) is 0 Å². The smallest absolute Gasteiger partial charge is 0.130 e. The topological polar surface area (TPSA) is 29.5 Å². The van der Waals surface area contributed by atoms with E-state index in [1.165, 1.54) is 10.9 Å². The van der Waals surface area contributed by atoms with Crippen LogP contribution in [0.15, 0.2) is 60.7 Å². The fourth-order valence-electron chi connectivity index (χ4n) is 3.00. The normalized spacial score (nSPS) is 12.3. The highest BCUT2D eigenvalue weighted by Gasteiger charge is 2.10. The number of rotatable bonds is 6. The molecule has 0 saturated carbocycles. The fourth-order valence-corrected chi connectivity index (χ4v) is 3.00. The number of hydrogen-bond donors (Lipinski definition) is 1. The Bertz CT molecular complexity index is 823. The molecule has 3 rings (SSSR count). The molecule has 0 radical (unpaired) electrons. The van der Waals surface area contributed by atoms with Gasteiger partial charge in [-0.05, 0) is 35.4 Å². The van der Waals surface area contributed by atoms with Crippen LogP contribution >= 0.6 is 0 Å². The van der Waals surface area contributed by atoms with Crippen LogP contribution in [0.25, 0.3) is 10.8 Å². The average Bonchev–Trinajstić information content (AvgIpc) is 2.63. The van der Waals surface area contributed by atoms with Crippen LogP contribution in [0, 0.1) is 6.92 Å². The van der Waals surface area contributed by atoms with Crippen molar-refractivity contribution in [3.8, 4) is 5.75 Å². The maximum Gasteiger partial charge on any atom is 0.130 e. The molecule has 0 aliphatic heterocycles. The average molecular weight is 320 g/mol. The summed E-state index contributed by atoms with van der Waals surface area (Å²) < 4.78 is 6.04. The Labute approximate surface area is 143 Å². The summed E-state index contributed by atoms with van der Waals surface area (Å²) in [5, 5.41) is 12.7. The van der Waals surface area contributed by atoms with E-state index >= 15 is 0 Å². The van der Waals surface area contributed by atoms with E-state index in [2.05, 4.69) is 50.2 Å². The summed E-state index contributed by atoms with van der Waals surface area (Å²) in [7, 11) is 0. The second-order valence-electron chi connectivity index (χ2n) is 6.18. The molecular formula is C22H24O2. The van der Waals surface area contributed by atoms with Crippen LogP contribution in [0.5, 0.6) is 5.75 Å². The van der Waals surface area contributed by atoms with Gasteiger partial charge in [-0.25, -0.2) is 0 Å². The summed E-state index contributed by atoms with van der Waals surface area (Å²) in [5.74, 6) is 0.919. The first-order valence-electron chi connectivity index (χ1n) is 8.57. The van der Waals surface area contributed by atoms with E-state index in [9.17, 15) is 5.11 Å². The lowest BCUT2D eigenvalue weighted by Gasteiger charge is -2.15. The second kappa shape index (κ2) is 7.50. The monoisotopic (exact) mass is 320 g/mol. The van der Waals surface area contributed by atoms with Crippen LogP contribution < -0.4 is 4.74 Å². The van der Waals surface area contributed by atoms with E-state index in [0.29, 0.717) is 13.0 Å². The molecule has 3 aromatic carbocycles. The predicted molar refractivity (Wildman–Crippen MR) is 99.6 cm³/mol. The lowest BCUT2D eigenvalue weighted by Crippen LogP contribution is -2.06. The Morgan fingerprint density at radius 1 is 1.00 bits per heavy atom. The van der Waals surface area contributed by atoms with Crippen LogP contribution in [0.1, 0.15) is 36.1 Å². The van der Waals surface area contributed by atoms with Gasteiger partial charge in [-0.1, -0.05) is 67.6 Å². The number of hydrogen-bond acceptors (Lipinski definition) is 2. The van der Waals surface area contributed by atoms with Gasteiger partial charge in [-0.15, -0.1) is 0 Å². The molecule has 0 fully saturated rings. The molecule has 0 aliphatic rings. The molecule has 2 nitrogen and oxygen atoms in total. The van der Waals surface area contributed by atoms with E-state index in [0.717, 1.165) is 28.7 Å². The van der Waals surface area contributed by atoms with Crippen LogP contribution in [0.2, 0.25) is 0 Å². The van der Waals surface area contributed by atoms with Crippen molar-refractivity contribution >= 4 is 10.8 Å². The third-order valence-corrected chi connectivity index (χ3v) is 4.46. The van der Waals surface area contributed by atoms with Crippen molar-refractivity contribution in [1.82, 2.24) is 0 Å². The lowest BCUT2D eigenvalue weighted by molar-refractivity contribution is 0.141. The van der Waals surface area contributed by atoms with Gasteiger partial charge < -0.3 is 9.84 Å². The minimum Gasteiger partial charge on any atom is -0.493 e. The molecule has 0 bridgehead atoms. The molecule has 124 valence electrons. The minimum atomic E-state index is -0.494. The van der Waals surface area contributed by atoms with Gasteiger partial charge in [0, 0.05) is 11.8 Å². The van der Waals surface area contributed by atoms with Crippen molar-refractivity contribution in [3.05, 3.63) is 77.4 Å². The first kappa shape index (κ1) is 16.5. The fraction of sp³-hybridized carbons (Fsp3) is 0.273. The van der Waals surface area contributed by atoms with Crippen molar-refractivity contribution in [2.75, 3.05) is 6.61 Å². The molecule has 1 N–H and O–H groups in total. The highest BCUT2D eigenvalue weighted by atomic mass is 16.5. The highest BCUT2D eigenvalue weighted by Crippen LogP contribution is 2.30. The number of aliphatic hydroxyl groups is 1. The standard InChI is InChI=1S/C22H24O2/c1-3-17-7-6-9-19(15-17)21(23)13-14-24-22-16(2)11-12-18-8-4-5-10-20(18)22/h4-12,15,21,23H,3,13-14H2,1-2H3. The van der Waals surface area contributed by atoms with Crippen molar-refractivity contribution in [2.45, 2.75) is 32.8 Å². The van der Waals surface area contributed by atoms with E-state index in [-0.39, 0.29) is 0 Å². The molecule has 1 unspecified atom stereocenters. The Morgan fingerprint density at radius 2 is 1.83 bits per heavy atom. The maximum atomic E-state index is 10.4. The molecule has 24 heavy (non-hydrogen) atoms. The Morgan fingerprint density at radius 3 is 2.67 bits per heavy atom. The van der Waals surface area contributed by atoms with Gasteiger partial charge in [0.1, 0.15) is 5.75 Å². The number of aliphatic hydroxyl groups excluding tert-OH is 1. The molecule has 0 spiro atoms. The van der Waals surface area contributed by atoms with E-state index < -0.39 is 6.10 Å². The summed E-state index contributed by atoms with van der Waals surface area (Å²) >= 11 is 0. The Kier molecular flexibility index (Phi) is 5.17. The molecule has 1 atom stereocenters. The molecule has 0 amide bonds. The van der Waals surface area contributed by atoms with Crippen LogP contribution in [-0.4, -0.2) is 11.7 Å². The molecule has 0 saturated heterocycles. The summed E-state index contributed by atoms with van der Waals surface area (Å²) in [5.41, 5.74) is 3.33. The zero-order valence-electron chi connectivity index (χ0n) is 14.3. The summed E-state index contributed by atoms with van der Waals surface area (Å²) in [6, 6.07) is 20.6. The quantitative estimate of drug-likeness (QED) is 0.675. The number of ether oxygens (including phenoxy) is 1. The SMILES string of the molecule is CCc1cccc(C(O)CCOc2c(C)ccc3ccccc23)c1. The van der Waals surface area contributed by atoms with Crippen molar-refractivity contribution in [2.24, 2.45) is 0 Å². The minimum absolute atomic E-state index is 0.492. The molecular weight excluding hydrogens is 296 g/mol. The molecule has 2 heteroatoms. The van der Waals surface area contributed by atoms with Gasteiger partial charge in [0.05, 0.1) is 12.7 Å². The van der Waals surface area contributed by atoms with Gasteiger partial charge in [0.2, 0.25) is 0 Å². The van der Waals surface area contributed by atoms with E-state index in [1.54, 1.807) is 0 Å². The van der Waals surface area contributed by atoms with Crippen molar-refractivity contribution in [3.63, 3.8) is 0 Å². The molecule has 3 aromatic rings.